The lowest BCUT2D eigenvalue weighted by atomic mass is 10.1. The third-order valence-corrected chi connectivity index (χ3v) is 5.59. The summed E-state index contributed by atoms with van der Waals surface area (Å²) in [7, 11) is 0. The van der Waals surface area contributed by atoms with E-state index in [0.717, 1.165) is 26.2 Å². The highest BCUT2D eigenvalue weighted by atomic mass is 32.2. The topological polar surface area (TPSA) is 27.6 Å². The molecule has 118 valence electrons. The van der Waals surface area contributed by atoms with Crippen LogP contribution in [0.5, 0.6) is 0 Å². The van der Waals surface area contributed by atoms with Crippen LogP contribution < -0.4 is 10.2 Å². The van der Waals surface area contributed by atoms with Gasteiger partial charge in [-0.1, -0.05) is 36.4 Å². The zero-order valence-corrected chi connectivity index (χ0v) is 14.1. The number of anilines is 1. The normalized spacial score (nSPS) is 20.0. The lowest BCUT2D eigenvalue weighted by molar-refractivity contribution is 0.784. The Labute approximate surface area is 141 Å². The summed E-state index contributed by atoms with van der Waals surface area (Å²) in [5.74, 6) is 1.17. The number of benzene rings is 2. The van der Waals surface area contributed by atoms with E-state index in [1.807, 2.05) is 11.8 Å². The van der Waals surface area contributed by atoms with Gasteiger partial charge < -0.3 is 10.2 Å². The van der Waals surface area contributed by atoms with Gasteiger partial charge in [-0.2, -0.15) is 0 Å². The lowest BCUT2D eigenvalue weighted by Crippen LogP contribution is -2.42. The Morgan fingerprint density at radius 2 is 2.09 bits per heavy atom. The molecule has 2 aliphatic heterocycles. The van der Waals surface area contributed by atoms with Gasteiger partial charge >= 0.3 is 0 Å². The highest BCUT2D eigenvalue weighted by molar-refractivity contribution is 8.01. The number of amidine groups is 1. The summed E-state index contributed by atoms with van der Waals surface area (Å²) < 4.78 is 0. The van der Waals surface area contributed by atoms with Gasteiger partial charge in [0.15, 0.2) is 0 Å². The summed E-state index contributed by atoms with van der Waals surface area (Å²) in [5, 5.41) is 3.85. The molecule has 2 aliphatic rings. The van der Waals surface area contributed by atoms with E-state index >= 15 is 0 Å². The van der Waals surface area contributed by atoms with Crippen molar-refractivity contribution >= 4 is 23.3 Å². The fourth-order valence-electron chi connectivity index (χ4n) is 3.19. The average molecular weight is 323 g/mol. The van der Waals surface area contributed by atoms with Crippen molar-refractivity contribution < 1.29 is 0 Å². The Kier molecular flexibility index (Phi) is 4.00. The van der Waals surface area contributed by atoms with Crippen LogP contribution in [0.25, 0.3) is 0 Å². The predicted molar refractivity (Wildman–Crippen MR) is 98.6 cm³/mol. The number of fused-ring (bicyclic) bond motifs is 1. The van der Waals surface area contributed by atoms with Gasteiger partial charge in [0, 0.05) is 24.5 Å². The summed E-state index contributed by atoms with van der Waals surface area (Å²) in [6.07, 6.45) is 0. The van der Waals surface area contributed by atoms with Crippen LogP contribution >= 0.6 is 11.8 Å². The van der Waals surface area contributed by atoms with Crippen LogP contribution in [0.4, 0.5) is 5.69 Å². The second kappa shape index (κ2) is 6.28. The van der Waals surface area contributed by atoms with Crippen LogP contribution in [0.3, 0.4) is 0 Å². The van der Waals surface area contributed by atoms with Gasteiger partial charge in [-0.3, -0.25) is 4.99 Å². The molecule has 2 aromatic carbocycles. The maximum Gasteiger partial charge on any atom is 0.112 e. The van der Waals surface area contributed by atoms with Gasteiger partial charge in [-0.05, 0) is 30.2 Å². The molecule has 2 aromatic rings. The molecule has 0 spiro atoms. The second-order valence-electron chi connectivity index (χ2n) is 6.14. The number of nitrogens with one attached hydrogen (secondary N) is 1. The Balaban J connectivity index is 1.66. The SMILES string of the molecule is Cc1ccc2c(c1)N(Cc1ccccc1)CC(C1=NCCN1)S2. The van der Waals surface area contributed by atoms with Crippen molar-refractivity contribution in [3.05, 3.63) is 59.7 Å². The molecule has 0 aliphatic carbocycles. The molecule has 0 bridgehead atoms. The van der Waals surface area contributed by atoms with Crippen molar-refractivity contribution in [1.82, 2.24) is 5.32 Å². The molecule has 3 nitrogen and oxygen atoms in total. The van der Waals surface area contributed by atoms with Crippen molar-refractivity contribution in [1.29, 1.82) is 0 Å². The molecule has 2 heterocycles. The maximum atomic E-state index is 4.65. The summed E-state index contributed by atoms with van der Waals surface area (Å²) in [4.78, 5) is 8.51. The van der Waals surface area contributed by atoms with Crippen LogP contribution in [-0.4, -0.2) is 30.7 Å². The van der Waals surface area contributed by atoms with Gasteiger partial charge in [0.25, 0.3) is 0 Å². The molecule has 1 N–H and O–H groups in total. The molecule has 1 unspecified atom stereocenters. The third kappa shape index (κ3) is 3.08. The van der Waals surface area contributed by atoms with Crippen molar-refractivity contribution in [2.45, 2.75) is 23.6 Å². The molecule has 0 saturated carbocycles. The standard InChI is InChI=1S/C19H21N3S/c1-14-7-8-17-16(11-14)22(12-15-5-3-2-4-6-15)13-18(23-17)19-20-9-10-21-19/h2-8,11,18H,9-10,12-13H2,1H3,(H,20,21). The van der Waals surface area contributed by atoms with E-state index < -0.39 is 0 Å². The van der Waals surface area contributed by atoms with E-state index in [-0.39, 0.29) is 0 Å². The second-order valence-corrected chi connectivity index (χ2v) is 7.38. The van der Waals surface area contributed by atoms with Crippen LogP contribution in [0.1, 0.15) is 11.1 Å². The lowest BCUT2D eigenvalue weighted by Gasteiger charge is -2.36. The van der Waals surface area contributed by atoms with Crippen LogP contribution in [0.2, 0.25) is 0 Å². The zero-order chi connectivity index (χ0) is 15.6. The van der Waals surface area contributed by atoms with Crippen molar-refractivity contribution in [3.63, 3.8) is 0 Å². The molecule has 23 heavy (non-hydrogen) atoms. The molecule has 1 atom stereocenters. The van der Waals surface area contributed by atoms with Crippen LogP contribution in [0.15, 0.2) is 58.4 Å². The van der Waals surface area contributed by atoms with Crippen molar-refractivity contribution in [2.75, 3.05) is 24.5 Å². The summed E-state index contributed by atoms with van der Waals surface area (Å²) in [6.45, 7) is 6.00. The van der Waals surface area contributed by atoms with Gasteiger partial charge in [-0.25, -0.2) is 0 Å². The zero-order valence-electron chi connectivity index (χ0n) is 13.3. The summed E-state index contributed by atoms with van der Waals surface area (Å²) >= 11 is 1.94. The third-order valence-electron chi connectivity index (χ3n) is 4.33. The fourth-order valence-corrected chi connectivity index (χ4v) is 4.48. The van der Waals surface area contributed by atoms with Crippen LogP contribution in [-0.2, 0) is 6.54 Å². The number of thioether (sulfide) groups is 1. The van der Waals surface area contributed by atoms with Gasteiger partial charge in [0.05, 0.1) is 17.5 Å². The predicted octanol–water partition coefficient (Wildman–Crippen LogP) is 3.48. The Morgan fingerprint density at radius 3 is 2.87 bits per heavy atom. The molecule has 0 amide bonds. The van der Waals surface area contributed by atoms with Crippen molar-refractivity contribution in [2.24, 2.45) is 4.99 Å². The fraction of sp³-hybridized carbons (Fsp3) is 0.316. The number of nitrogens with zero attached hydrogens (tertiary/aromatic N) is 2. The van der Waals surface area contributed by atoms with Crippen molar-refractivity contribution in [3.8, 4) is 0 Å². The van der Waals surface area contributed by atoms with E-state index in [4.69, 9.17) is 0 Å². The van der Waals surface area contributed by atoms with E-state index in [1.165, 1.54) is 27.5 Å². The highest BCUT2D eigenvalue weighted by Gasteiger charge is 2.29. The van der Waals surface area contributed by atoms with Gasteiger partial charge in [0.1, 0.15) is 5.84 Å². The molecular weight excluding hydrogens is 302 g/mol. The number of aryl methyl sites for hydroxylation is 1. The monoisotopic (exact) mass is 323 g/mol. The number of hydrogen-bond donors (Lipinski definition) is 1. The Hall–Kier alpha value is -1.94. The number of rotatable bonds is 3. The van der Waals surface area contributed by atoms with E-state index in [0.29, 0.717) is 5.25 Å². The smallest absolute Gasteiger partial charge is 0.112 e. The largest absolute Gasteiger partial charge is 0.371 e. The molecular formula is C19H21N3S. The molecule has 0 fully saturated rings. The minimum absolute atomic E-state index is 0.399. The van der Waals surface area contributed by atoms with E-state index in [9.17, 15) is 0 Å². The molecule has 0 aromatic heterocycles. The Morgan fingerprint density at radius 1 is 1.22 bits per heavy atom. The first-order valence-electron chi connectivity index (χ1n) is 8.14. The average Bonchev–Trinajstić information content (AvgIpc) is 3.11. The Bertz CT molecular complexity index is 727. The van der Waals surface area contributed by atoms with E-state index in [2.05, 4.69) is 70.7 Å². The highest BCUT2D eigenvalue weighted by Crippen LogP contribution is 2.40. The summed E-state index contributed by atoms with van der Waals surface area (Å²) in [6, 6.07) is 17.5. The minimum atomic E-state index is 0.399. The number of aliphatic imine (C=N–C) groups is 1. The maximum absolute atomic E-state index is 4.65. The number of hydrogen-bond acceptors (Lipinski definition) is 4. The molecule has 0 radical (unpaired) electrons. The molecule has 4 rings (SSSR count). The van der Waals surface area contributed by atoms with Gasteiger partial charge in [0.2, 0.25) is 0 Å². The first kappa shape index (κ1) is 14.6. The first-order chi connectivity index (χ1) is 11.3. The first-order valence-corrected chi connectivity index (χ1v) is 9.02. The van der Waals surface area contributed by atoms with Crippen LogP contribution in [0, 0.1) is 6.92 Å². The quantitative estimate of drug-likeness (QED) is 0.937. The molecule has 0 saturated heterocycles. The van der Waals surface area contributed by atoms with E-state index in [1.54, 1.807) is 0 Å². The van der Waals surface area contributed by atoms with Gasteiger partial charge in [-0.15, -0.1) is 11.8 Å². The minimum Gasteiger partial charge on any atom is -0.371 e. The molecule has 4 heteroatoms. The summed E-state index contributed by atoms with van der Waals surface area (Å²) in [5.41, 5.74) is 4.03.